The summed E-state index contributed by atoms with van der Waals surface area (Å²) in [6, 6.07) is 15.4. The van der Waals surface area contributed by atoms with Crippen molar-refractivity contribution in [2.75, 3.05) is 5.32 Å². The maximum atomic E-state index is 13.2. The van der Waals surface area contributed by atoms with Crippen molar-refractivity contribution in [3.63, 3.8) is 0 Å². The van der Waals surface area contributed by atoms with Gasteiger partial charge in [-0.1, -0.05) is 18.2 Å². The number of benzene rings is 2. The van der Waals surface area contributed by atoms with E-state index in [-0.39, 0.29) is 5.82 Å². The molecule has 0 aliphatic carbocycles. The van der Waals surface area contributed by atoms with E-state index in [1.165, 1.54) is 12.1 Å². The number of nitrogens with one attached hydrogen (secondary N) is 2. The summed E-state index contributed by atoms with van der Waals surface area (Å²) in [5.41, 5.74) is 7.86. The summed E-state index contributed by atoms with van der Waals surface area (Å²) in [6.07, 6.45) is 1.60. The van der Waals surface area contributed by atoms with Crippen LogP contribution in [0.4, 0.5) is 14.9 Å². The maximum Gasteiger partial charge on any atom is 0.339 e. The zero-order valence-electron chi connectivity index (χ0n) is 15.5. The third kappa shape index (κ3) is 4.23. The first-order valence-corrected chi connectivity index (χ1v) is 8.56. The molecule has 3 rings (SSSR count). The van der Waals surface area contributed by atoms with Crippen LogP contribution in [0.25, 0.3) is 5.69 Å². The Balaban J connectivity index is 1.71. The lowest BCUT2D eigenvalue weighted by molar-refractivity contribution is 0.252. The lowest BCUT2D eigenvalue weighted by atomic mass is 10.2. The Morgan fingerprint density at radius 2 is 1.78 bits per heavy atom. The second-order valence-corrected chi connectivity index (χ2v) is 6.28. The Morgan fingerprint density at radius 3 is 2.48 bits per heavy atom. The van der Waals surface area contributed by atoms with Crippen LogP contribution in [0.15, 0.2) is 59.7 Å². The monoisotopic (exact) mass is 364 g/mol. The fourth-order valence-electron chi connectivity index (χ4n) is 2.93. The van der Waals surface area contributed by atoms with E-state index < -0.39 is 6.03 Å². The topological polar surface area (TPSA) is 58.4 Å². The van der Waals surface area contributed by atoms with Gasteiger partial charge >= 0.3 is 6.03 Å². The molecule has 2 N–H and O–H groups in total. The molecular weight excluding hydrogens is 343 g/mol. The molecule has 2 aromatic carbocycles. The molecule has 1 aromatic heterocycles. The smallest absolute Gasteiger partial charge is 0.318 e. The first kappa shape index (κ1) is 18.4. The van der Waals surface area contributed by atoms with Gasteiger partial charge in [-0.3, -0.25) is 0 Å². The molecule has 0 atom stereocenters. The molecule has 0 aliphatic rings. The third-order valence-corrected chi connectivity index (χ3v) is 4.32. The van der Waals surface area contributed by atoms with Gasteiger partial charge in [0, 0.05) is 28.3 Å². The van der Waals surface area contributed by atoms with E-state index in [9.17, 15) is 9.18 Å². The van der Waals surface area contributed by atoms with E-state index in [0.717, 1.165) is 33.9 Å². The largest absolute Gasteiger partial charge is 0.339 e. The number of nitrogens with zero attached hydrogens (tertiary/aromatic N) is 2. The van der Waals surface area contributed by atoms with E-state index in [1.54, 1.807) is 18.3 Å². The van der Waals surface area contributed by atoms with Crippen molar-refractivity contribution in [3.8, 4) is 5.69 Å². The number of carbonyl (C=O) groups excluding carboxylic acids is 1. The molecule has 2 amide bonds. The van der Waals surface area contributed by atoms with Crippen LogP contribution in [0.5, 0.6) is 0 Å². The van der Waals surface area contributed by atoms with Gasteiger partial charge in [0.1, 0.15) is 5.82 Å². The van der Waals surface area contributed by atoms with Crippen LogP contribution in [0, 0.1) is 26.6 Å². The summed E-state index contributed by atoms with van der Waals surface area (Å²) in [5, 5.41) is 6.78. The highest BCUT2D eigenvalue weighted by atomic mass is 19.1. The van der Waals surface area contributed by atoms with Crippen LogP contribution in [0.1, 0.15) is 22.5 Å². The molecule has 0 saturated carbocycles. The summed E-state index contributed by atoms with van der Waals surface area (Å²) >= 11 is 0. The van der Waals surface area contributed by atoms with Crippen LogP contribution in [0.2, 0.25) is 0 Å². The van der Waals surface area contributed by atoms with Gasteiger partial charge < -0.3 is 9.88 Å². The lowest BCUT2D eigenvalue weighted by Crippen LogP contribution is -2.24. The number of hydrogen-bond acceptors (Lipinski definition) is 2. The van der Waals surface area contributed by atoms with Crippen molar-refractivity contribution in [2.24, 2.45) is 5.10 Å². The maximum absolute atomic E-state index is 13.2. The Kier molecular flexibility index (Phi) is 5.35. The number of halogens is 1. The van der Waals surface area contributed by atoms with Crippen LogP contribution >= 0.6 is 0 Å². The van der Waals surface area contributed by atoms with Crippen molar-refractivity contribution < 1.29 is 9.18 Å². The van der Waals surface area contributed by atoms with Crippen LogP contribution in [-0.2, 0) is 0 Å². The highest BCUT2D eigenvalue weighted by Gasteiger charge is 2.09. The molecule has 1 heterocycles. The van der Waals surface area contributed by atoms with E-state index in [1.807, 2.05) is 55.7 Å². The molecular formula is C21H21FN4O. The Morgan fingerprint density at radius 1 is 1.07 bits per heavy atom. The lowest BCUT2D eigenvalue weighted by Gasteiger charge is -2.09. The van der Waals surface area contributed by atoms with Gasteiger partial charge in [-0.25, -0.2) is 14.6 Å². The normalized spacial score (nSPS) is 11.0. The second-order valence-electron chi connectivity index (χ2n) is 6.28. The summed E-state index contributed by atoms with van der Waals surface area (Å²) in [5.74, 6) is -0.271. The first-order valence-electron chi connectivity index (χ1n) is 8.56. The van der Waals surface area contributed by atoms with Crippen molar-refractivity contribution in [3.05, 3.63) is 82.9 Å². The number of carbonyl (C=O) groups is 1. The molecule has 0 radical (unpaired) electrons. The quantitative estimate of drug-likeness (QED) is 0.512. The highest BCUT2D eigenvalue weighted by Crippen LogP contribution is 2.20. The number of aryl methyl sites for hydroxylation is 2. The molecule has 3 aromatic rings. The molecule has 0 aliphatic heterocycles. The number of hydrogen-bond donors (Lipinski definition) is 2. The standard InChI is InChI=1S/C21H21FN4O/c1-14-6-4-5-7-20(14)24-21(27)25-23-13-17-12-15(2)26(16(17)3)19-10-8-18(22)9-11-19/h4-13H,1-3H3,(H2,24,25,27). The molecule has 0 spiro atoms. The fraction of sp³-hybridized carbons (Fsp3) is 0.143. The van der Waals surface area contributed by atoms with Crippen molar-refractivity contribution in [1.82, 2.24) is 9.99 Å². The van der Waals surface area contributed by atoms with E-state index >= 15 is 0 Å². The predicted octanol–water partition coefficient (Wildman–Crippen LogP) is 4.70. The Labute approximate surface area is 157 Å². The van der Waals surface area contributed by atoms with Crippen molar-refractivity contribution in [1.29, 1.82) is 0 Å². The average Bonchev–Trinajstić information content (AvgIpc) is 2.92. The molecule has 27 heavy (non-hydrogen) atoms. The second kappa shape index (κ2) is 7.86. The molecule has 6 heteroatoms. The zero-order chi connectivity index (χ0) is 19.4. The summed E-state index contributed by atoms with van der Waals surface area (Å²) < 4.78 is 15.2. The molecule has 138 valence electrons. The molecule has 0 unspecified atom stereocenters. The van der Waals surface area contributed by atoms with Gasteiger partial charge in [0.2, 0.25) is 0 Å². The number of para-hydroxylation sites is 1. The summed E-state index contributed by atoms with van der Waals surface area (Å²) in [6.45, 7) is 5.83. The zero-order valence-corrected chi connectivity index (χ0v) is 15.5. The number of aromatic nitrogens is 1. The van der Waals surface area contributed by atoms with Gasteiger partial charge in [0.25, 0.3) is 0 Å². The fourth-order valence-corrected chi connectivity index (χ4v) is 2.93. The van der Waals surface area contributed by atoms with Gasteiger partial charge in [0.15, 0.2) is 0 Å². The van der Waals surface area contributed by atoms with Crippen molar-refractivity contribution in [2.45, 2.75) is 20.8 Å². The Bertz CT molecular complexity index is 990. The molecule has 0 fully saturated rings. The minimum absolute atomic E-state index is 0.271. The minimum Gasteiger partial charge on any atom is -0.318 e. The van der Waals surface area contributed by atoms with Gasteiger partial charge in [0.05, 0.1) is 6.21 Å². The number of anilines is 1. The third-order valence-electron chi connectivity index (χ3n) is 4.32. The highest BCUT2D eigenvalue weighted by molar-refractivity contribution is 5.91. The summed E-state index contributed by atoms with van der Waals surface area (Å²) in [4.78, 5) is 12.0. The van der Waals surface area contributed by atoms with Crippen LogP contribution in [-0.4, -0.2) is 16.8 Å². The average molecular weight is 364 g/mol. The molecule has 0 saturated heterocycles. The Hall–Kier alpha value is -3.41. The van der Waals surface area contributed by atoms with Crippen LogP contribution < -0.4 is 10.7 Å². The minimum atomic E-state index is -0.409. The van der Waals surface area contributed by atoms with Crippen LogP contribution in [0.3, 0.4) is 0 Å². The number of rotatable bonds is 4. The van der Waals surface area contributed by atoms with Crippen molar-refractivity contribution >= 4 is 17.9 Å². The number of amides is 2. The van der Waals surface area contributed by atoms with Gasteiger partial charge in [-0.2, -0.15) is 5.10 Å². The van der Waals surface area contributed by atoms with Gasteiger partial charge in [-0.05, 0) is 62.7 Å². The van der Waals surface area contributed by atoms with Gasteiger partial charge in [-0.15, -0.1) is 0 Å². The molecule has 5 nitrogen and oxygen atoms in total. The SMILES string of the molecule is Cc1ccccc1NC(=O)NN=Cc1cc(C)n(-c2ccc(F)cc2)c1C. The number of hydrazone groups is 1. The molecule has 0 bridgehead atoms. The number of urea groups is 1. The first-order chi connectivity index (χ1) is 13.0. The van der Waals surface area contributed by atoms with E-state index in [4.69, 9.17) is 0 Å². The summed E-state index contributed by atoms with van der Waals surface area (Å²) in [7, 11) is 0. The van der Waals surface area contributed by atoms with E-state index in [2.05, 4.69) is 15.8 Å². The van der Waals surface area contributed by atoms with E-state index in [0.29, 0.717) is 0 Å². The predicted molar refractivity (Wildman–Crippen MR) is 106 cm³/mol.